The molecule has 1 aromatic heterocycles. The molecule has 0 saturated carbocycles. The predicted octanol–water partition coefficient (Wildman–Crippen LogP) is 15.5. The van der Waals surface area contributed by atoms with E-state index in [1.54, 1.807) is 0 Å². The van der Waals surface area contributed by atoms with Gasteiger partial charge in [0.25, 0.3) is 0 Å². The second-order valence-electron chi connectivity index (χ2n) is 15.7. The van der Waals surface area contributed by atoms with E-state index in [9.17, 15) is 0 Å². The van der Waals surface area contributed by atoms with E-state index in [1.807, 2.05) is 6.07 Å². The van der Waals surface area contributed by atoms with Gasteiger partial charge in [0.05, 0.1) is 5.69 Å². The monoisotopic (exact) mass is 729 g/mol. The highest BCUT2D eigenvalue weighted by atomic mass is 16.3. The van der Waals surface area contributed by atoms with Crippen LogP contribution in [0.15, 0.2) is 205 Å². The van der Waals surface area contributed by atoms with Crippen LogP contribution < -0.4 is 4.90 Å². The van der Waals surface area contributed by atoms with Gasteiger partial charge >= 0.3 is 0 Å². The molecule has 0 saturated heterocycles. The topological polar surface area (TPSA) is 16.4 Å². The lowest BCUT2D eigenvalue weighted by molar-refractivity contribution is 0.660. The molecule has 0 bridgehead atoms. The summed E-state index contributed by atoms with van der Waals surface area (Å²) in [5.74, 6) is 0. The van der Waals surface area contributed by atoms with Gasteiger partial charge in [-0.1, -0.05) is 172 Å². The first-order valence-electron chi connectivity index (χ1n) is 19.8. The molecule has 2 heteroatoms. The number of nitrogens with zero attached hydrogens (tertiary/aromatic N) is 1. The zero-order valence-corrected chi connectivity index (χ0v) is 31.9. The van der Waals surface area contributed by atoms with Crippen molar-refractivity contribution in [3.63, 3.8) is 0 Å². The molecule has 0 amide bonds. The highest BCUT2D eigenvalue weighted by Gasteiger charge is 2.36. The number of benzene rings is 9. The van der Waals surface area contributed by atoms with E-state index in [0.29, 0.717) is 0 Å². The minimum Gasteiger partial charge on any atom is -0.455 e. The summed E-state index contributed by atoms with van der Waals surface area (Å²) in [6.45, 7) is 4.74. The second-order valence-corrected chi connectivity index (χ2v) is 15.7. The normalized spacial score (nSPS) is 12.9. The van der Waals surface area contributed by atoms with Crippen molar-refractivity contribution in [1.29, 1.82) is 0 Å². The highest BCUT2D eigenvalue weighted by molar-refractivity contribution is 6.09. The maximum Gasteiger partial charge on any atom is 0.143 e. The predicted molar refractivity (Wildman–Crippen MR) is 240 cm³/mol. The third-order valence-electron chi connectivity index (χ3n) is 12.1. The summed E-state index contributed by atoms with van der Waals surface area (Å²) in [6.07, 6.45) is 0. The molecule has 2 nitrogen and oxygen atoms in total. The zero-order chi connectivity index (χ0) is 38.1. The molecule has 9 aromatic carbocycles. The number of para-hydroxylation sites is 2. The van der Waals surface area contributed by atoms with Crippen LogP contribution in [0.2, 0.25) is 0 Å². The fourth-order valence-corrected chi connectivity index (χ4v) is 9.13. The maximum atomic E-state index is 6.48. The molecule has 1 aliphatic carbocycles. The summed E-state index contributed by atoms with van der Waals surface area (Å²) in [7, 11) is 0. The molecule has 0 spiro atoms. The van der Waals surface area contributed by atoms with Crippen LogP contribution in [0, 0.1) is 0 Å². The maximum absolute atomic E-state index is 6.48. The van der Waals surface area contributed by atoms with Crippen LogP contribution in [0.4, 0.5) is 17.1 Å². The summed E-state index contributed by atoms with van der Waals surface area (Å²) in [5.41, 5.74) is 17.4. The van der Waals surface area contributed by atoms with Gasteiger partial charge in [-0.15, -0.1) is 0 Å². The first-order chi connectivity index (χ1) is 28.0. The van der Waals surface area contributed by atoms with E-state index >= 15 is 0 Å². The van der Waals surface area contributed by atoms with Crippen molar-refractivity contribution in [2.45, 2.75) is 19.3 Å². The van der Waals surface area contributed by atoms with E-state index in [-0.39, 0.29) is 5.41 Å². The SMILES string of the molecule is CC1(C)c2cc(-c3cccc4c3oc3ccccc34)ccc2-c2ccc(N(c3ccc(-c4ccc(-c5ccccc5)cc4)cc3)c3cccc4ccccc34)cc21. The molecular weight excluding hydrogens is 691 g/mol. The van der Waals surface area contributed by atoms with Crippen LogP contribution in [0.3, 0.4) is 0 Å². The van der Waals surface area contributed by atoms with Crippen LogP contribution in [0.5, 0.6) is 0 Å². The first-order valence-corrected chi connectivity index (χ1v) is 19.8. The Balaban J connectivity index is 0.995. The van der Waals surface area contributed by atoms with Crippen molar-refractivity contribution in [2.24, 2.45) is 0 Å². The average molecular weight is 730 g/mol. The lowest BCUT2D eigenvalue weighted by Gasteiger charge is -2.29. The Labute approximate surface area is 332 Å². The average Bonchev–Trinajstić information content (AvgIpc) is 3.76. The third kappa shape index (κ3) is 5.40. The van der Waals surface area contributed by atoms with Crippen LogP contribution in [0.25, 0.3) is 77.2 Å². The summed E-state index contributed by atoms with van der Waals surface area (Å²) in [4.78, 5) is 2.43. The van der Waals surface area contributed by atoms with Gasteiger partial charge in [-0.3, -0.25) is 0 Å². The van der Waals surface area contributed by atoms with E-state index in [2.05, 4.69) is 213 Å². The van der Waals surface area contributed by atoms with Gasteiger partial charge in [0.1, 0.15) is 11.2 Å². The third-order valence-corrected chi connectivity index (χ3v) is 12.1. The van der Waals surface area contributed by atoms with Crippen molar-refractivity contribution in [1.82, 2.24) is 0 Å². The molecule has 1 heterocycles. The molecule has 0 fully saturated rings. The highest BCUT2D eigenvalue weighted by Crippen LogP contribution is 2.52. The van der Waals surface area contributed by atoms with Crippen molar-refractivity contribution in [2.75, 3.05) is 4.90 Å². The quantitative estimate of drug-likeness (QED) is 0.169. The number of furan rings is 1. The molecule has 57 heavy (non-hydrogen) atoms. The van der Waals surface area contributed by atoms with Gasteiger partial charge in [0.2, 0.25) is 0 Å². The lowest BCUT2D eigenvalue weighted by Crippen LogP contribution is -2.17. The Hall–Kier alpha value is -7.16. The van der Waals surface area contributed by atoms with Crippen molar-refractivity contribution in [3.05, 3.63) is 211 Å². The molecule has 0 aliphatic heterocycles. The Morgan fingerprint density at radius 2 is 0.930 bits per heavy atom. The number of rotatable bonds is 6. The molecule has 10 aromatic rings. The number of hydrogen-bond donors (Lipinski definition) is 0. The molecule has 0 unspecified atom stereocenters. The summed E-state index contributed by atoms with van der Waals surface area (Å²) >= 11 is 0. The van der Waals surface area contributed by atoms with Gasteiger partial charge in [-0.25, -0.2) is 0 Å². The zero-order valence-electron chi connectivity index (χ0n) is 31.9. The van der Waals surface area contributed by atoms with Gasteiger partial charge in [-0.05, 0) is 97.9 Å². The Morgan fingerprint density at radius 3 is 1.70 bits per heavy atom. The second kappa shape index (κ2) is 13.0. The lowest BCUT2D eigenvalue weighted by atomic mass is 9.81. The van der Waals surface area contributed by atoms with Gasteiger partial charge in [0.15, 0.2) is 0 Å². The summed E-state index contributed by atoms with van der Waals surface area (Å²) < 4.78 is 6.48. The van der Waals surface area contributed by atoms with Gasteiger partial charge in [0, 0.05) is 38.5 Å². The van der Waals surface area contributed by atoms with Crippen LogP contribution in [-0.2, 0) is 5.41 Å². The largest absolute Gasteiger partial charge is 0.455 e. The van der Waals surface area contributed by atoms with Crippen LogP contribution >= 0.6 is 0 Å². The molecule has 1 aliphatic rings. The Bertz CT molecular complexity index is 3130. The number of anilines is 3. The Kier molecular flexibility index (Phi) is 7.55. The molecule has 270 valence electrons. The number of fused-ring (bicyclic) bond motifs is 7. The molecule has 0 atom stereocenters. The van der Waals surface area contributed by atoms with Crippen LogP contribution in [0.1, 0.15) is 25.0 Å². The molecule has 0 N–H and O–H groups in total. The summed E-state index contributed by atoms with van der Waals surface area (Å²) in [6, 6.07) is 72.6. The molecule has 0 radical (unpaired) electrons. The van der Waals surface area contributed by atoms with Gasteiger partial charge < -0.3 is 9.32 Å². The first kappa shape index (κ1) is 33.2. The van der Waals surface area contributed by atoms with E-state index in [1.165, 1.54) is 60.8 Å². The number of hydrogen-bond acceptors (Lipinski definition) is 2. The minimum atomic E-state index is -0.224. The van der Waals surface area contributed by atoms with E-state index < -0.39 is 0 Å². The van der Waals surface area contributed by atoms with Gasteiger partial charge in [-0.2, -0.15) is 0 Å². The Morgan fingerprint density at radius 1 is 0.386 bits per heavy atom. The van der Waals surface area contributed by atoms with Crippen molar-refractivity contribution in [3.8, 4) is 44.5 Å². The minimum absolute atomic E-state index is 0.224. The van der Waals surface area contributed by atoms with Crippen LogP contribution in [-0.4, -0.2) is 0 Å². The molecular formula is C55H39NO. The fourth-order valence-electron chi connectivity index (χ4n) is 9.13. The standard InChI is InChI=1S/C55H39NO/c1-55(2)50-34-41(45-18-11-19-49-48-17-8-9-21-53(48)57-54(45)49)28-32-46(50)47-33-31-43(35-51(47)55)56(52-20-10-15-40-14-6-7-16-44(40)52)42-29-26-39(27-30-42)38-24-22-37(23-25-38)36-12-4-3-5-13-36/h3-35H,1-2H3. The van der Waals surface area contributed by atoms with E-state index in [0.717, 1.165) is 44.6 Å². The summed E-state index contributed by atoms with van der Waals surface area (Å²) in [5, 5.41) is 4.74. The van der Waals surface area contributed by atoms with Crippen molar-refractivity contribution < 1.29 is 4.42 Å². The van der Waals surface area contributed by atoms with Crippen molar-refractivity contribution >= 4 is 49.8 Å². The smallest absolute Gasteiger partial charge is 0.143 e. The molecule has 11 rings (SSSR count). The fraction of sp³-hybridized carbons (Fsp3) is 0.0545. The van der Waals surface area contributed by atoms with E-state index in [4.69, 9.17) is 4.42 Å².